The Kier molecular flexibility index (Phi) is 3.84. The van der Waals surface area contributed by atoms with Gasteiger partial charge in [0.2, 0.25) is 0 Å². The third kappa shape index (κ3) is 2.75. The highest BCUT2D eigenvalue weighted by Crippen LogP contribution is 2.17. The molecule has 0 aliphatic rings. The number of hydrogen-bond donors (Lipinski definition) is 3. The van der Waals surface area contributed by atoms with Crippen molar-refractivity contribution in [2.45, 2.75) is 26.3 Å². The molecule has 4 N–H and O–H groups in total. The molecule has 0 radical (unpaired) electrons. The van der Waals surface area contributed by atoms with Crippen LogP contribution in [0.4, 0.5) is 5.69 Å². The third-order valence-corrected chi connectivity index (χ3v) is 2.91. The summed E-state index contributed by atoms with van der Waals surface area (Å²) in [5.74, 6) is -0.197. The maximum Gasteiger partial charge on any atom is 0.276 e. The molecule has 7 heteroatoms. The molecule has 0 saturated heterocycles. The van der Waals surface area contributed by atoms with Crippen LogP contribution in [0, 0.1) is 0 Å². The summed E-state index contributed by atoms with van der Waals surface area (Å²) in [6.45, 7) is 2.51. The van der Waals surface area contributed by atoms with E-state index in [1.807, 2.05) is 6.92 Å². The first-order valence-electron chi connectivity index (χ1n) is 6.19. The fourth-order valence-corrected chi connectivity index (χ4v) is 1.88. The van der Waals surface area contributed by atoms with Crippen LogP contribution in [0.2, 0.25) is 0 Å². The van der Waals surface area contributed by atoms with Gasteiger partial charge in [-0.2, -0.15) is 10.2 Å². The minimum Gasteiger partial charge on any atom is -0.395 e. The molecule has 0 fully saturated rings. The molecule has 0 saturated carbocycles. The number of hydrogen-bond acceptors (Lipinski definition) is 4. The molecule has 2 aromatic heterocycles. The summed E-state index contributed by atoms with van der Waals surface area (Å²) in [6.07, 6.45) is 5.17. The van der Waals surface area contributed by atoms with Gasteiger partial charge in [0.15, 0.2) is 5.69 Å². The lowest BCUT2D eigenvalue weighted by atomic mass is 10.2. The first kappa shape index (κ1) is 13.1. The van der Waals surface area contributed by atoms with Gasteiger partial charge in [-0.3, -0.25) is 15.0 Å². The monoisotopic (exact) mass is 262 g/mol. The fraction of sp³-hybridized carbons (Fsp3) is 0.417. The van der Waals surface area contributed by atoms with Crippen LogP contribution in [-0.4, -0.2) is 38.2 Å². The Hall–Kier alpha value is -2.31. The van der Waals surface area contributed by atoms with Gasteiger partial charge in [0, 0.05) is 25.4 Å². The minimum atomic E-state index is -0.197. The van der Waals surface area contributed by atoms with Gasteiger partial charge in [0.1, 0.15) is 0 Å². The largest absolute Gasteiger partial charge is 0.395 e. The van der Waals surface area contributed by atoms with Crippen LogP contribution in [0.15, 0.2) is 12.4 Å². The normalized spacial score (nSPS) is 10.6. The second-order valence-electron chi connectivity index (χ2n) is 4.48. The Morgan fingerprint density at radius 2 is 2.32 bits per heavy atom. The molecule has 1 amide bonds. The van der Waals surface area contributed by atoms with E-state index < -0.39 is 0 Å². The van der Waals surface area contributed by atoms with E-state index in [4.69, 9.17) is 5.73 Å². The Balaban J connectivity index is 2.10. The molecule has 0 aliphatic carbocycles. The van der Waals surface area contributed by atoms with Crippen molar-refractivity contribution in [1.29, 1.82) is 0 Å². The number of amides is 1. The van der Waals surface area contributed by atoms with Crippen molar-refractivity contribution in [2.24, 2.45) is 0 Å². The van der Waals surface area contributed by atoms with E-state index >= 15 is 0 Å². The molecule has 7 nitrogen and oxygen atoms in total. The van der Waals surface area contributed by atoms with E-state index in [0.29, 0.717) is 12.2 Å². The minimum absolute atomic E-state index is 0.197. The van der Waals surface area contributed by atoms with Gasteiger partial charge in [-0.15, -0.1) is 0 Å². The summed E-state index contributed by atoms with van der Waals surface area (Å²) in [4.78, 5) is 13.8. The number of carbonyl (C=O) groups is 1. The van der Waals surface area contributed by atoms with Crippen molar-refractivity contribution in [2.75, 3.05) is 12.8 Å². The Morgan fingerprint density at radius 3 is 2.95 bits per heavy atom. The molecule has 2 aromatic rings. The van der Waals surface area contributed by atoms with Crippen LogP contribution in [0.25, 0.3) is 0 Å². The topological polar surface area (TPSA) is 104 Å². The van der Waals surface area contributed by atoms with Gasteiger partial charge in [0.05, 0.1) is 17.6 Å². The molecule has 0 bridgehead atoms. The Morgan fingerprint density at radius 1 is 1.53 bits per heavy atom. The Bertz CT molecular complexity index is 545. The zero-order valence-corrected chi connectivity index (χ0v) is 11.1. The molecule has 0 spiro atoms. The van der Waals surface area contributed by atoms with Crippen LogP contribution >= 0.6 is 0 Å². The van der Waals surface area contributed by atoms with Gasteiger partial charge < -0.3 is 10.6 Å². The molecule has 2 rings (SSSR count). The van der Waals surface area contributed by atoms with E-state index in [1.165, 1.54) is 0 Å². The first-order chi connectivity index (χ1) is 9.13. The highest BCUT2D eigenvalue weighted by molar-refractivity contribution is 5.97. The standard InChI is InChI=1S/C12H18N6O/c1-3-4-9-10(13)11(17-16-9)12(19)18(2)7-8-5-14-15-6-8/h5-6H,3-4,7,13H2,1-2H3,(H,14,15)(H,16,17). The lowest BCUT2D eigenvalue weighted by Gasteiger charge is -2.14. The average Bonchev–Trinajstić information content (AvgIpc) is 3.00. The van der Waals surface area contributed by atoms with E-state index in [1.54, 1.807) is 24.3 Å². The number of H-pyrrole nitrogens is 2. The lowest BCUT2D eigenvalue weighted by molar-refractivity contribution is 0.0780. The van der Waals surface area contributed by atoms with E-state index in [2.05, 4.69) is 20.4 Å². The number of anilines is 1. The van der Waals surface area contributed by atoms with Crippen LogP contribution in [0.5, 0.6) is 0 Å². The first-order valence-corrected chi connectivity index (χ1v) is 6.19. The van der Waals surface area contributed by atoms with E-state index in [9.17, 15) is 4.79 Å². The number of nitrogens with two attached hydrogens (primary N) is 1. The molecule has 102 valence electrons. The number of rotatable bonds is 5. The van der Waals surface area contributed by atoms with Crippen molar-refractivity contribution >= 4 is 11.6 Å². The predicted molar refractivity (Wildman–Crippen MR) is 71.4 cm³/mol. The molecular formula is C12H18N6O. The van der Waals surface area contributed by atoms with Gasteiger partial charge in [-0.1, -0.05) is 13.3 Å². The SMILES string of the molecule is CCCc1[nH]nc(C(=O)N(C)Cc2cn[nH]c2)c1N. The van der Waals surface area contributed by atoms with Crippen molar-refractivity contribution in [3.05, 3.63) is 29.3 Å². The van der Waals surface area contributed by atoms with Gasteiger partial charge in [0.25, 0.3) is 5.91 Å². The summed E-state index contributed by atoms with van der Waals surface area (Å²) in [5, 5.41) is 13.4. The molecule has 0 aromatic carbocycles. The second kappa shape index (κ2) is 5.55. The molecule has 0 atom stereocenters. The number of aromatic amines is 2. The van der Waals surface area contributed by atoms with E-state index in [-0.39, 0.29) is 11.6 Å². The third-order valence-electron chi connectivity index (χ3n) is 2.91. The predicted octanol–water partition coefficient (Wildman–Crippen LogP) is 0.940. The van der Waals surface area contributed by atoms with Crippen molar-refractivity contribution in [1.82, 2.24) is 25.3 Å². The second-order valence-corrected chi connectivity index (χ2v) is 4.48. The molecule has 2 heterocycles. The summed E-state index contributed by atoms with van der Waals surface area (Å²) >= 11 is 0. The van der Waals surface area contributed by atoms with Crippen molar-refractivity contribution in [3.63, 3.8) is 0 Å². The van der Waals surface area contributed by atoms with Crippen LogP contribution in [0.3, 0.4) is 0 Å². The smallest absolute Gasteiger partial charge is 0.276 e. The van der Waals surface area contributed by atoms with Crippen LogP contribution in [-0.2, 0) is 13.0 Å². The average molecular weight is 262 g/mol. The number of nitrogens with zero attached hydrogens (tertiary/aromatic N) is 3. The summed E-state index contributed by atoms with van der Waals surface area (Å²) in [6, 6.07) is 0. The molecule has 0 unspecified atom stereocenters. The van der Waals surface area contributed by atoms with Crippen LogP contribution in [0.1, 0.15) is 35.1 Å². The molecule has 0 aliphatic heterocycles. The maximum absolute atomic E-state index is 12.2. The van der Waals surface area contributed by atoms with Crippen molar-refractivity contribution < 1.29 is 4.79 Å². The van der Waals surface area contributed by atoms with E-state index in [0.717, 1.165) is 24.1 Å². The Labute approximate surface area is 111 Å². The van der Waals surface area contributed by atoms with Crippen molar-refractivity contribution in [3.8, 4) is 0 Å². The van der Waals surface area contributed by atoms with Gasteiger partial charge in [-0.05, 0) is 6.42 Å². The maximum atomic E-state index is 12.2. The number of aromatic nitrogens is 4. The highest BCUT2D eigenvalue weighted by Gasteiger charge is 2.20. The summed E-state index contributed by atoms with van der Waals surface area (Å²) in [7, 11) is 1.71. The number of aryl methyl sites for hydroxylation is 1. The zero-order valence-electron chi connectivity index (χ0n) is 11.1. The number of carbonyl (C=O) groups excluding carboxylic acids is 1. The zero-order chi connectivity index (χ0) is 13.8. The highest BCUT2D eigenvalue weighted by atomic mass is 16.2. The fourth-order valence-electron chi connectivity index (χ4n) is 1.88. The van der Waals surface area contributed by atoms with Gasteiger partial charge >= 0.3 is 0 Å². The lowest BCUT2D eigenvalue weighted by Crippen LogP contribution is -2.27. The van der Waals surface area contributed by atoms with Gasteiger partial charge in [-0.25, -0.2) is 0 Å². The number of nitrogen functional groups attached to an aromatic ring is 1. The summed E-state index contributed by atoms with van der Waals surface area (Å²) < 4.78 is 0. The quantitative estimate of drug-likeness (QED) is 0.745. The van der Waals surface area contributed by atoms with Crippen LogP contribution < -0.4 is 5.73 Å². The summed E-state index contributed by atoms with van der Waals surface area (Å²) in [5.41, 5.74) is 8.43. The molecular weight excluding hydrogens is 244 g/mol. The number of nitrogens with one attached hydrogen (secondary N) is 2. The molecule has 19 heavy (non-hydrogen) atoms.